The number of hydrogen-bond acceptors (Lipinski definition) is 4. The number of rotatable bonds is 7. The van der Waals surface area contributed by atoms with Crippen LogP contribution < -0.4 is 5.32 Å². The molecule has 32 heavy (non-hydrogen) atoms. The molecule has 0 aliphatic carbocycles. The van der Waals surface area contributed by atoms with Crippen molar-refractivity contribution < 1.29 is 9.18 Å². The Labute approximate surface area is 188 Å². The molecule has 2 aromatic carbocycles. The fourth-order valence-electron chi connectivity index (χ4n) is 4.19. The number of likely N-dealkylation sites (tertiary alicyclic amines) is 1. The largest absolute Gasteiger partial charge is 0.348 e. The van der Waals surface area contributed by atoms with Crippen molar-refractivity contribution >= 4 is 5.91 Å². The number of carbonyl (C=O) groups is 1. The lowest BCUT2D eigenvalue weighted by Gasteiger charge is -2.32. The summed E-state index contributed by atoms with van der Waals surface area (Å²) in [6.45, 7) is 5.27. The molecule has 1 aromatic heterocycles. The van der Waals surface area contributed by atoms with E-state index in [2.05, 4.69) is 44.5 Å². The molecule has 1 N–H and O–H groups in total. The third-order valence-electron chi connectivity index (χ3n) is 6.04. The number of carbonyl (C=O) groups excluding carboxylic acids is 1. The van der Waals surface area contributed by atoms with Crippen LogP contribution in [0.5, 0.6) is 0 Å². The zero-order chi connectivity index (χ0) is 22.3. The second-order valence-corrected chi connectivity index (χ2v) is 8.41. The van der Waals surface area contributed by atoms with Crippen molar-refractivity contribution in [3.05, 3.63) is 94.8 Å². The number of amides is 1. The van der Waals surface area contributed by atoms with Gasteiger partial charge in [0, 0.05) is 31.7 Å². The van der Waals surface area contributed by atoms with E-state index in [-0.39, 0.29) is 17.6 Å². The Morgan fingerprint density at radius 1 is 1.12 bits per heavy atom. The molecule has 1 saturated heterocycles. The number of benzene rings is 2. The zero-order valence-corrected chi connectivity index (χ0v) is 18.4. The van der Waals surface area contributed by atoms with E-state index in [1.165, 1.54) is 17.7 Å². The Balaban J connectivity index is 1.34. The molecule has 1 aliphatic heterocycles. The highest BCUT2D eigenvalue weighted by Gasteiger charge is 2.24. The molecule has 5 nitrogen and oxygen atoms in total. The van der Waals surface area contributed by atoms with Gasteiger partial charge in [0.25, 0.3) is 5.91 Å². The van der Waals surface area contributed by atoms with Gasteiger partial charge in [-0.3, -0.25) is 4.79 Å². The number of aryl methyl sites for hydroxylation is 1. The van der Waals surface area contributed by atoms with E-state index >= 15 is 0 Å². The average molecular weight is 433 g/mol. The van der Waals surface area contributed by atoms with Gasteiger partial charge >= 0.3 is 0 Å². The lowest BCUT2D eigenvalue weighted by molar-refractivity contribution is 0.0949. The summed E-state index contributed by atoms with van der Waals surface area (Å²) in [6.07, 6.45) is 4.88. The second-order valence-electron chi connectivity index (χ2n) is 8.41. The van der Waals surface area contributed by atoms with Crippen molar-refractivity contribution in [2.75, 3.05) is 19.6 Å². The fourth-order valence-corrected chi connectivity index (χ4v) is 4.19. The number of aromatic nitrogens is 2. The first-order valence-corrected chi connectivity index (χ1v) is 11.2. The zero-order valence-electron chi connectivity index (χ0n) is 18.4. The predicted octanol–water partition coefficient (Wildman–Crippen LogP) is 4.28. The van der Waals surface area contributed by atoms with Crippen LogP contribution in [0.1, 0.15) is 51.8 Å². The maximum atomic E-state index is 13.0. The van der Waals surface area contributed by atoms with Gasteiger partial charge in [0.2, 0.25) is 0 Å². The number of halogens is 1. The molecule has 1 amide bonds. The molecular formula is C26H29FN4O. The maximum Gasteiger partial charge on any atom is 0.254 e. The van der Waals surface area contributed by atoms with E-state index in [9.17, 15) is 9.18 Å². The number of piperidine rings is 1. The van der Waals surface area contributed by atoms with Crippen LogP contribution in [0.25, 0.3) is 0 Å². The van der Waals surface area contributed by atoms with Crippen molar-refractivity contribution in [1.82, 2.24) is 20.2 Å². The van der Waals surface area contributed by atoms with Crippen molar-refractivity contribution in [2.45, 2.75) is 38.6 Å². The quantitative estimate of drug-likeness (QED) is 0.606. The van der Waals surface area contributed by atoms with Crippen molar-refractivity contribution in [1.29, 1.82) is 0 Å². The van der Waals surface area contributed by atoms with Crippen LogP contribution in [-0.4, -0.2) is 40.4 Å². The van der Waals surface area contributed by atoms with Crippen LogP contribution in [-0.2, 0) is 13.0 Å². The first kappa shape index (κ1) is 22.1. The van der Waals surface area contributed by atoms with E-state index in [1.54, 1.807) is 18.3 Å². The number of nitrogens with zero attached hydrogens (tertiary/aromatic N) is 3. The van der Waals surface area contributed by atoms with Gasteiger partial charge < -0.3 is 10.2 Å². The highest BCUT2D eigenvalue weighted by Crippen LogP contribution is 2.25. The van der Waals surface area contributed by atoms with Gasteiger partial charge in [0.05, 0.1) is 11.3 Å². The van der Waals surface area contributed by atoms with Gasteiger partial charge in [-0.2, -0.15) is 0 Å². The standard InChI is InChI=1S/C26H29FN4O/c1-19-24(26(32)29-16-21-9-11-23(27)12-10-21)17-28-25(30-19)22-8-5-14-31(18-22)15-13-20-6-3-2-4-7-20/h2-4,6-7,9-12,17,22H,5,8,13-16,18H2,1H3,(H,29,32). The Morgan fingerprint density at radius 3 is 2.66 bits per heavy atom. The fraction of sp³-hybridized carbons (Fsp3) is 0.346. The van der Waals surface area contributed by atoms with E-state index in [0.29, 0.717) is 17.8 Å². The summed E-state index contributed by atoms with van der Waals surface area (Å²) in [7, 11) is 0. The molecule has 0 bridgehead atoms. The highest BCUT2D eigenvalue weighted by atomic mass is 19.1. The van der Waals surface area contributed by atoms with Gasteiger partial charge in [-0.1, -0.05) is 42.5 Å². The molecule has 0 saturated carbocycles. The summed E-state index contributed by atoms with van der Waals surface area (Å²) in [6, 6.07) is 16.7. The Hall–Kier alpha value is -3.12. The molecule has 0 radical (unpaired) electrons. The predicted molar refractivity (Wildman–Crippen MR) is 123 cm³/mol. The van der Waals surface area contributed by atoms with E-state index in [4.69, 9.17) is 0 Å². The van der Waals surface area contributed by atoms with Gasteiger partial charge in [-0.05, 0) is 56.0 Å². The highest BCUT2D eigenvalue weighted by molar-refractivity contribution is 5.94. The van der Waals surface area contributed by atoms with E-state index in [1.807, 2.05) is 13.0 Å². The molecule has 1 fully saturated rings. The summed E-state index contributed by atoms with van der Waals surface area (Å²) in [4.78, 5) is 24.3. The molecule has 166 valence electrons. The molecule has 1 unspecified atom stereocenters. The lowest BCUT2D eigenvalue weighted by Crippen LogP contribution is -2.36. The maximum absolute atomic E-state index is 13.0. The SMILES string of the molecule is Cc1nc(C2CCCN(CCc3ccccc3)C2)ncc1C(=O)NCc1ccc(F)cc1. The van der Waals surface area contributed by atoms with Gasteiger partial charge in [-0.25, -0.2) is 14.4 Å². The van der Waals surface area contributed by atoms with Crippen LogP contribution in [0, 0.1) is 12.7 Å². The molecule has 6 heteroatoms. The monoisotopic (exact) mass is 432 g/mol. The summed E-state index contributed by atoms with van der Waals surface area (Å²) < 4.78 is 13.0. The van der Waals surface area contributed by atoms with E-state index in [0.717, 1.165) is 50.3 Å². The third-order valence-corrected chi connectivity index (χ3v) is 6.04. The molecule has 2 heterocycles. The number of nitrogens with one attached hydrogen (secondary N) is 1. The molecular weight excluding hydrogens is 403 g/mol. The lowest BCUT2D eigenvalue weighted by atomic mass is 9.96. The van der Waals surface area contributed by atoms with Gasteiger partial charge in [-0.15, -0.1) is 0 Å². The minimum absolute atomic E-state index is 0.216. The molecule has 4 rings (SSSR count). The van der Waals surface area contributed by atoms with Crippen LogP contribution in [0.2, 0.25) is 0 Å². The molecule has 1 atom stereocenters. The summed E-state index contributed by atoms with van der Waals surface area (Å²) >= 11 is 0. The Bertz CT molecular complexity index is 1040. The first-order chi connectivity index (χ1) is 15.6. The van der Waals surface area contributed by atoms with Gasteiger partial charge in [0.15, 0.2) is 0 Å². The van der Waals surface area contributed by atoms with Gasteiger partial charge in [0.1, 0.15) is 11.6 Å². The Kier molecular flexibility index (Phi) is 7.22. The number of hydrogen-bond donors (Lipinski definition) is 1. The minimum Gasteiger partial charge on any atom is -0.348 e. The smallest absolute Gasteiger partial charge is 0.254 e. The third kappa shape index (κ3) is 5.77. The van der Waals surface area contributed by atoms with Crippen LogP contribution >= 0.6 is 0 Å². The topological polar surface area (TPSA) is 58.1 Å². The normalized spacial score (nSPS) is 16.6. The van der Waals surface area contributed by atoms with Crippen molar-refractivity contribution in [3.8, 4) is 0 Å². The summed E-state index contributed by atoms with van der Waals surface area (Å²) in [5.74, 6) is 0.601. The van der Waals surface area contributed by atoms with Crippen molar-refractivity contribution in [2.24, 2.45) is 0 Å². The molecule has 3 aromatic rings. The molecule has 0 spiro atoms. The van der Waals surface area contributed by atoms with E-state index < -0.39 is 0 Å². The van der Waals surface area contributed by atoms with Crippen LogP contribution in [0.3, 0.4) is 0 Å². The average Bonchev–Trinajstić information content (AvgIpc) is 2.83. The van der Waals surface area contributed by atoms with Crippen LogP contribution in [0.4, 0.5) is 4.39 Å². The minimum atomic E-state index is -0.291. The van der Waals surface area contributed by atoms with Crippen LogP contribution in [0.15, 0.2) is 60.8 Å². The summed E-state index contributed by atoms with van der Waals surface area (Å²) in [5, 5.41) is 2.86. The Morgan fingerprint density at radius 2 is 1.91 bits per heavy atom. The molecule has 1 aliphatic rings. The summed E-state index contributed by atoms with van der Waals surface area (Å²) in [5.41, 5.74) is 3.37. The van der Waals surface area contributed by atoms with Crippen molar-refractivity contribution in [3.63, 3.8) is 0 Å². The second kappa shape index (κ2) is 10.5. The first-order valence-electron chi connectivity index (χ1n) is 11.2.